The Kier molecular flexibility index (Phi) is 3.44. The minimum absolute atomic E-state index is 0.573. The average molecular weight is 249 g/mol. The lowest BCUT2D eigenvalue weighted by molar-refractivity contribution is 0.893. The van der Waals surface area contributed by atoms with Gasteiger partial charge in [-0.3, -0.25) is 0 Å². The molecule has 0 bridgehead atoms. The second kappa shape index (κ2) is 5.01. The fourth-order valence-electron chi connectivity index (χ4n) is 1.59. The Bertz CT molecular complexity index is 498. The van der Waals surface area contributed by atoms with Crippen molar-refractivity contribution in [1.82, 2.24) is 9.97 Å². The molecule has 2 aromatic rings. The molecule has 5 heteroatoms. The normalized spacial score (nSPS) is 10.2. The number of aromatic nitrogens is 2. The molecule has 0 amide bonds. The largest absolute Gasteiger partial charge is 0.394 e. The van der Waals surface area contributed by atoms with Gasteiger partial charge in [0.1, 0.15) is 6.33 Å². The molecule has 0 atom stereocenters. The van der Waals surface area contributed by atoms with E-state index >= 15 is 0 Å². The van der Waals surface area contributed by atoms with E-state index in [1.54, 1.807) is 6.20 Å². The molecule has 0 saturated carbocycles. The van der Waals surface area contributed by atoms with E-state index in [-0.39, 0.29) is 0 Å². The number of hydrogen-bond donors (Lipinski definition) is 1. The van der Waals surface area contributed by atoms with Gasteiger partial charge >= 0.3 is 0 Å². The minimum atomic E-state index is 0.573. The number of hydrogen-bond acceptors (Lipinski definition) is 4. The van der Waals surface area contributed by atoms with Crippen LogP contribution >= 0.6 is 11.6 Å². The Balaban J connectivity index is 2.14. The SMILES string of the molecule is CN(Cc1ccc(Cl)cc1)c1ncncc1N. The summed E-state index contributed by atoms with van der Waals surface area (Å²) in [4.78, 5) is 9.99. The Morgan fingerprint density at radius 1 is 1.29 bits per heavy atom. The molecule has 0 saturated heterocycles. The van der Waals surface area contributed by atoms with Crippen LogP contribution < -0.4 is 10.6 Å². The third-order valence-corrected chi connectivity index (χ3v) is 2.67. The van der Waals surface area contributed by atoms with Gasteiger partial charge in [0.2, 0.25) is 0 Å². The summed E-state index contributed by atoms with van der Waals surface area (Å²) in [5, 5.41) is 0.734. The van der Waals surface area contributed by atoms with Crippen molar-refractivity contribution in [3.05, 3.63) is 47.4 Å². The molecular formula is C12H13ClN4. The van der Waals surface area contributed by atoms with Crippen molar-refractivity contribution in [2.75, 3.05) is 17.7 Å². The topological polar surface area (TPSA) is 55.0 Å². The van der Waals surface area contributed by atoms with Gasteiger partial charge in [0.25, 0.3) is 0 Å². The highest BCUT2D eigenvalue weighted by atomic mass is 35.5. The first-order chi connectivity index (χ1) is 8.16. The van der Waals surface area contributed by atoms with Crippen molar-refractivity contribution in [3.63, 3.8) is 0 Å². The van der Waals surface area contributed by atoms with E-state index < -0.39 is 0 Å². The van der Waals surface area contributed by atoms with Gasteiger partial charge in [-0.2, -0.15) is 0 Å². The van der Waals surface area contributed by atoms with Crippen molar-refractivity contribution in [2.24, 2.45) is 0 Å². The number of nitrogen functional groups attached to an aromatic ring is 1. The lowest BCUT2D eigenvalue weighted by Gasteiger charge is -2.19. The molecule has 0 spiro atoms. The average Bonchev–Trinajstić information content (AvgIpc) is 2.32. The highest BCUT2D eigenvalue weighted by Crippen LogP contribution is 2.19. The van der Waals surface area contributed by atoms with E-state index in [1.807, 2.05) is 36.2 Å². The van der Waals surface area contributed by atoms with Crippen LogP contribution in [0.25, 0.3) is 0 Å². The van der Waals surface area contributed by atoms with Crippen molar-refractivity contribution in [2.45, 2.75) is 6.54 Å². The third-order valence-electron chi connectivity index (χ3n) is 2.41. The molecule has 1 aromatic carbocycles. The molecule has 2 N–H and O–H groups in total. The molecule has 0 radical (unpaired) electrons. The van der Waals surface area contributed by atoms with E-state index in [0.29, 0.717) is 5.69 Å². The number of anilines is 2. The molecular weight excluding hydrogens is 236 g/mol. The van der Waals surface area contributed by atoms with Crippen LogP contribution in [0.5, 0.6) is 0 Å². The first-order valence-electron chi connectivity index (χ1n) is 5.18. The van der Waals surface area contributed by atoms with Crippen LogP contribution in [0, 0.1) is 0 Å². The van der Waals surface area contributed by atoms with Gasteiger partial charge in [-0.1, -0.05) is 23.7 Å². The number of rotatable bonds is 3. The summed E-state index contributed by atoms with van der Waals surface area (Å²) in [6, 6.07) is 7.70. The lowest BCUT2D eigenvalue weighted by Crippen LogP contribution is -2.19. The van der Waals surface area contributed by atoms with Gasteiger partial charge in [0.05, 0.1) is 11.9 Å². The third kappa shape index (κ3) is 2.85. The number of nitrogens with zero attached hydrogens (tertiary/aromatic N) is 3. The highest BCUT2D eigenvalue weighted by Gasteiger charge is 2.07. The van der Waals surface area contributed by atoms with Gasteiger partial charge < -0.3 is 10.6 Å². The van der Waals surface area contributed by atoms with E-state index in [4.69, 9.17) is 17.3 Å². The van der Waals surface area contributed by atoms with Gasteiger partial charge in [-0.25, -0.2) is 9.97 Å². The van der Waals surface area contributed by atoms with E-state index in [1.165, 1.54) is 6.33 Å². The maximum atomic E-state index is 5.84. The van der Waals surface area contributed by atoms with Crippen LogP contribution in [0.3, 0.4) is 0 Å². The maximum absolute atomic E-state index is 5.84. The highest BCUT2D eigenvalue weighted by molar-refractivity contribution is 6.30. The predicted molar refractivity (Wildman–Crippen MR) is 70.0 cm³/mol. The molecule has 88 valence electrons. The summed E-state index contributed by atoms with van der Waals surface area (Å²) in [6.45, 7) is 0.721. The molecule has 2 rings (SSSR count). The second-order valence-electron chi connectivity index (χ2n) is 3.78. The molecule has 4 nitrogen and oxygen atoms in total. The fourth-order valence-corrected chi connectivity index (χ4v) is 1.72. The van der Waals surface area contributed by atoms with E-state index in [0.717, 1.165) is 22.9 Å². The lowest BCUT2D eigenvalue weighted by atomic mass is 10.2. The molecule has 0 aliphatic rings. The number of benzene rings is 1. The zero-order valence-electron chi connectivity index (χ0n) is 9.47. The molecule has 0 unspecified atom stereocenters. The van der Waals surface area contributed by atoms with Crippen LogP contribution in [-0.2, 0) is 6.54 Å². The van der Waals surface area contributed by atoms with Crippen molar-refractivity contribution in [3.8, 4) is 0 Å². The maximum Gasteiger partial charge on any atom is 0.155 e. The quantitative estimate of drug-likeness (QED) is 0.906. The van der Waals surface area contributed by atoms with E-state index in [2.05, 4.69) is 9.97 Å². The Hall–Kier alpha value is -1.81. The van der Waals surface area contributed by atoms with Crippen LogP contribution in [0.15, 0.2) is 36.8 Å². The standard InChI is InChI=1S/C12H13ClN4/c1-17(12-11(14)6-15-8-16-12)7-9-2-4-10(13)5-3-9/h2-6,8H,7,14H2,1H3. The van der Waals surface area contributed by atoms with Crippen LogP contribution in [0.4, 0.5) is 11.5 Å². The van der Waals surface area contributed by atoms with Gasteiger partial charge in [0, 0.05) is 18.6 Å². The van der Waals surface area contributed by atoms with Crippen LogP contribution in [0.2, 0.25) is 5.02 Å². The summed E-state index contributed by atoms with van der Waals surface area (Å²) in [5.41, 5.74) is 7.53. The van der Waals surface area contributed by atoms with Crippen molar-refractivity contribution < 1.29 is 0 Å². The van der Waals surface area contributed by atoms with Gasteiger partial charge in [-0.05, 0) is 17.7 Å². The first kappa shape index (κ1) is 11.7. The molecule has 0 aliphatic carbocycles. The molecule has 1 aromatic heterocycles. The molecule has 0 fully saturated rings. The predicted octanol–water partition coefficient (Wildman–Crippen LogP) is 2.35. The van der Waals surface area contributed by atoms with Crippen molar-refractivity contribution in [1.29, 1.82) is 0 Å². The summed E-state index contributed by atoms with van der Waals surface area (Å²) >= 11 is 5.84. The summed E-state index contributed by atoms with van der Waals surface area (Å²) in [7, 11) is 1.94. The Morgan fingerprint density at radius 2 is 2.00 bits per heavy atom. The fraction of sp³-hybridized carbons (Fsp3) is 0.167. The monoisotopic (exact) mass is 248 g/mol. The van der Waals surface area contributed by atoms with E-state index in [9.17, 15) is 0 Å². The van der Waals surface area contributed by atoms with Gasteiger partial charge in [-0.15, -0.1) is 0 Å². The molecule has 17 heavy (non-hydrogen) atoms. The number of nitrogens with two attached hydrogens (primary N) is 1. The summed E-state index contributed by atoms with van der Waals surface area (Å²) in [6.07, 6.45) is 3.09. The van der Waals surface area contributed by atoms with Crippen LogP contribution in [-0.4, -0.2) is 17.0 Å². The zero-order valence-corrected chi connectivity index (χ0v) is 10.2. The van der Waals surface area contributed by atoms with Crippen molar-refractivity contribution >= 4 is 23.1 Å². The second-order valence-corrected chi connectivity index (χ2v) is 4.22. The van der Waals surface area contributed by atoms with Crippen LogP contribution in [0.1, 0.15) is 5.56 Å². The molecule has 0 aliphatic heterocycles. The molecule has 1 heterocycles. The first-order valence-corrected chi connectivity index (χ1v) is 5.55. The zero-order chi connectivity index (χ0) is 12.3. The summed E-state index contributed by atoms with van der Waals surface area (Å²) < 4.78 is 0. The Morgan fingerprint density at radius 3 is 2.65 bits per heavy atom. The minimum Gasteiger partial charge on any atom is -0.394 e. The summed E-state index contributed by atoms with van der Waals surface area (Å²) in [5.74, 6) is 0.731. The smallest absolute Gasteiger partial charge is 0.155 e. The Labute approximate surface area is 105 Å². The van der Waals surface area contributed by atoms with Gasteiger partial charge in [0.15, 0.2) is 5.82 Å². The number of halogens is 1.